The predicted molar refractivity (Wildman–Crippen MR) is 112 cm³/mol. The van der Waals surface area contributed by atoms with Gasteiger partial charge in [0.2, 0.25) is 0 Å². The minimum Gasteiger partial charge on any atom is -0.347 e. The van der Waals surface area contributed by atoms with E-state index in [1.54, 1.807) is 18.6 Å². The van der Waals surface area contributed by atoms with Crippen LogP contribution in [-0.4, -0.2) is 25.4 Å². The van der Waals surface area contributed by atoms with E-state index in [9.17, 15) is 4.79 Å². The van der Waals surface area contributed by atoms with Crippen molar-refractivity contribution in [3.05, 3.63) is 96.6 Å². The van der Waals surface area contributed by atoms with Gasteiger partial charge in [-0.05, 0) is 35.9 Å². The number of carbonyl (C=O) groups is 1. The number of hydrogen-bond donors (Lipinski definition) is 1. The second kappa shape index (κ2) is 7.16. The Kier molecular flexibility index (Phi) is 4.22. The quantitative estimate of drug-likeness (QED) is 0.514. The molecule has 3 aromatic heterocycles. The van der Waals surface area contributed by atoms with Gasteiger partial charge in [-0.3, -0.25) is 9.36 Å². The number of para-hydroxylation sites is 3. The normalized spacial score (nSPS) is 11.0. The molecule has 140 valence electrons. The topological polar surface area (TPSA) is 72.7 Å². The zero-order chi connectivity index (χ0) is 19.6. The third-order valence-electron chi connectivity index (χ3n) is 4.79. The average Bonchev–Trinajstić information content (AvgIpc) is 3.22. The number of nitrogens with zero attached hydrogens (tertiary/aromatic N) is 4. The summed E-state index contributed by atoms with van der Waals surface area (Å²) in [6, 6.07) is 23.2. The van der Waals surface area contributed by atoms with Crippen LogP contribution in [0, 0.1) is 0 Å². The number of nitrogens with one attached hydrogen (secondary N) is 1. The second-order valence-corrected chi connectivity index (χ2v) is 6.70. The Balaban J connectivity index is 1.30. The molecule has 0 fully saturated rings. The van der Waals surface area contributed by atoms with Gasteiger partial charge in [0.05, 0.1) is 16.6 Å². The smallest absolute Gasteiger partial charge is 0.270 e. The maximum absolute atomic E-state index is 12.5. The first-order chi connectivity index (χ1) is 14.3. The summed E-state index contributed by atoms with van der Waals surface area (Å²) in [6.07, 6.45) is 3.53. The molecule has 1 N–H and O–H groups in total. The number of benzene rings is 2. The molecular weight excluding hydrogens is 362 g/mol. The molecule has 6 nitrogen and oxygen atoms in total. The van der Waals surface area contributed by atoms with Crippen molar-refractivity contribution in [3.8, 4) is 5.82 Å². The van der Waals surface area contributed by atoms with E-state index in [2.05, 4.69) is 20.3 Å². The van der Waals surface area contributed by atoms with E-state index in [0.29, 0.717) is 12.2 Å². The van der Waals surface area contributed by atoms with Crippen molar-refractivity contribution < 1.29 is 4.79 Å². The van der Waals surface area contributed by atoms with Crippen molar-refractivity contribution in [2.75, 3.05) is 0 Å². The monoisotopic (exact) mass is 379 g/mol. The zero-order valence-electron chi connectivity index (χ0n) is 15.5. The number of imidazole rings is 1. The highest BCUT2D eigenvalue weighted by Gasteiger charge is 2.09. The van der Waals surface area contributed by atoms with Crippen molar-refractivity contribution in [2.24, 2.45) is 0 Å². The third-order valence-corrected chi connectivity index (χ3v) is 4.79. The van der Waals surface area contributed by atoms with Crippen LogP contribution in [0.1, 0.15) is 16.1 Å². The Hall–Kier alpha value is -4.06. The van der Waals surface area contributed by atoms with Gasteiger partial charge in [0.15, 0.2) is 0 Å². The molecule has 1 amide bonds. The van der Waals surface area contributed by atoms with Crippen LogP contribution in [-0.2, 0) is 6.54 Å². The minimum absolute atomic E-state index is 0.208. The van der Waals surface area contributed by atoms with Crippen LogP contribution in [0.5, 0.6) is 0 Å². The Morgan fingerprint density at radius 3 is 2.55 bits per heavy atom. The van der Waals surface area contributed by atoms with Crippen LogP contribution < -0.4 is 5.32 Å². The molecule has 3 heterocycles. The van der Waals surface area contributed by atoms with Gasteiger partial charge in [-0.15, -0.1) is 0 Å². The molecule has 0 atom stereocenters. The lowest BCUT2D eigenvalue weighted by Crippen LogP contribution is -2.23. The Morgan fingerprint density at radius 1 is 0.862 bits per heavy atom. The molecule has 5 rings (SSSR count). The first-order valence-electron chi connectivity index (χ1n) is 9.29. The molecule has 0 saturated carbocycles. The molecule has 0 saturated heterocycles. The van der Waals surface area contributed by atoms with Crippen LogP contribution >= 0.6 is 0 Å². The maximum atomic E-state index is 12.5. The Morgan fingerprint density at radius 2 is 1.69 bits per heavy atom. The minimum atomic E-state index is -0.208. The van der Waals surface area contributed by atoms with E-state index in [1.165, 1.54) is 0 Å². The Bertz CT molecular complexity index is 1320. The largest absolute Gasteiger partial charge is 0.347 e. The van der Waals surface area contributed by atoms with Crippen molar-refractivity contribution in [1.29, 1.82) is 0 Å². The molecule has 0 radical (unpaired) electrons. The molecule has 0 bridgehead atoms. The summed E-state index contributed by atoms with van der Waals surface area (Å²) in [5, 5.41) is 3.91. The van der Waals surface area contributed by atoms with Gasteiger partial charge in [0.25, 0.3) is 5.91 Å². The maximum Gasteiger partial charge on any atom is 0.270 e. The zero-order valence-corrected chi connectivity index (χ0v) is 15.5. The van der Waals surface area contributed by atoms with Gasteiger partial charge >= 0.3 is 0 Å². The molecule has 29 heavy (non-hydrogen) atoms. The van der Waals surface area contributed by atoms with Gasteiger partial charge in [-0.25, -0.2) is 15.0 Å². The molecule has 0 aliphatic carbocycles. The number of hydrogen-bond acceptors (Lipinski definition) is 4. The Labute approximate surface area is 166 Å². The summed E-state index contributed by atoms with van der Waals surface area (Å²) in [5.41, 5.74) is 4.04. The highest BCUT2D eigenvalue weighted by molar-refractivity contribution is 5.94. The van der Waals surface area contributed by atoms with Crippen molar-refractivity contribution in [2.45, 2.75) is 6.54 Å². The summed E-state index contributed by atoms with van der Waals surface area (Å²) in [7, 11) is 0. The van der Waals surface area contributed by atoms with E-state index in [1.807, 2.05) is 71.3 Å². The van der Waals surface area contributed by atoms with Crippen LogP contribution in [0.3, 0.4) is 0 Å². The summed E-state index contributed by atoms with van der Waals surface area (Å²) in [6.45, 7) is 0.380. The number of amides is 1. The number of pyridine rings is 2. The van der Waals surface area contributed by atoms with E-state index < -0.39 is 0 Å². The summed E-state index contributed by atoms with van der Waals surface area (Å²) in [5.74, 6) is 0.574. The van der Waals surface area contributed by atoms with Crippen molar-refractivity contribution in [3.63, 3.8) is 0 Å². The third kappa shape index (κ3) is 3.32. The molecule has 5 aromatic rings. The van der Waals surface area contributed by atoms with E-state index >= 15 is 0 Å². The van der Waals surface area contributed by atoms with Gasteiger partial charge in [0, 0.05) is 18.1 Å². The van der Waals surface area contributed by atoms with Gasteiger partial charge in [-0.2, -0.15) is 0 Å². The van der Waals surface area contributed by atoms with Crippen LogP contribution in [0.2, 0.25) is 0 Å². The van der Waals surface area contributed by atoms with Gasteiger partial charge < -0.3 is 5.32 Å². The SMILES string of the molecule is O=C(NCc1ccc(-n2cnc3ccccc32)nc1)c1ccc2ccccc2n1. The van der Waals surface area contributed by atoms with Crippen molar-refractivity contribution in [1.82, 2.24) is 24.8 Å². The van der Waals surface area contributed by atoms with Gasteiger partial charge in [-0.1, -0.05) is 42.5 Å². The number of rotatable bonds is 4. The fourth-order valence-electron chi connectivity index (χ4n) is 3.27. The standard InChI is InChI=1S/C23H17N5O/c29-23(20-11-10-17-5-1-2-6-18(17)27-20)25-14-16-9-12-22(24-13-16)28-15-26-19-7-3-4-8-21(19)28/h1-13,15H,14H2,(H,25,29). The highest BCUT2D eigenvalue weighted by Crippen LogP contribution is 2.16. The lowest BCUT2D eigenvalue weighted by atomic mass is 10.2. The molecular formula is C23H17N5O. The first-order valence-corrected chi connectivity index (χ1v) is 9.29. The number of carbonyl (C=O) groups excluding carboxylic acids is 1. The fraction of sp³-hybridized carbons (Fsp3) is 0.0435. The van der Waals surface area contributed by atoms with E-state index in [4.69, 9.17) is 0 Å². The van der Waals surface area contributed by atoms with E-state index in [0.717, 1.165) is 33.3 Å². The average molecular weight is 379 g/mol. The number of fused-ring (bicyclic) bond motifs is 2. The first kappa shape index (κ1) is 17.1. The fourth-order valence-corrected chi connectivity index (χ4v) is 3.27. The predicted octanol–water partition coefficient (Wildman–Crippen LogP) is 3.90. The molecule has 0 aliphatic rings. The molecule has 6 heteroatoms. The highest BCUT2D eigenvalue weighted by atomic mass is 16.1. The van der Waals surface area contributed by atoms with Crippen LogP contribution in [0.4, 0.5) is 0 Å². The van der Waals surface area contributed by atoms with Gasteiger partial charge in [0.1, 0.15) is 17.8 Å². The summed E-state index contributed by atoms with van der Waals surface area (Å²) >= 11 is 0. The van der Waals surface area contributed by atoms with E-state index in [-0.39, 0.29) is 5.91 Å². The summed E-state index contributed by atoms with van der Waals surface area (Å²) in [4.78, 5) is 25.8. The lowest BCUT2D eigenvalue weighted by molar-refractivity contribution is 0.0946. The second-order valence-electron chi connectivity index (χ2n) is 6.70. The van der Waals surface area contributed by atoms with Crippen LogP contribution in [0.25, 0.3) is 27.8 Å². The molecule has 2 aromatic carbocycles. The summed E-state index contributed by atoms with van der Waals surface area (Å²) < 4.78 is 1.94. The number of aromatic nitrogens is 4. The van der Waals surface area contributed by atoms with Crippen molar-refractivity contribution >= 4 is 27.8 Å². The molecule has 0 spiro atoms. The van der Waals surface area contributed by atoms with Crippen LogP contribution in [0.15, 0.2) is 85.3 Å². The lowest BCUT2D eigenvalue weighted by Gasteiger charge is -2.07. The molecule has 0 unspecified atom stereocenters. The molecule has 0 aliphatic heterocycles.